The molecule has 2 aromatic rings. The number of benzene rings is 2. The number of ether oxygens (including phenoxy) is 1. The first-order chi connectivity index (χ1) is 14.3. The van der Waals surface area contributed by atoms with Gasteiger partial charge in [-0.15, -0.1) is 0 Å². The van der Waals surface area contributed by atoms with E-state index in [1.54, 1.807) is 0 Å². The number of nitro groups is 1. The summed E-state index contributed by atoms with van der Waals surface area (Å²) in [6.07, 6.45) is 0. The Hall–Kier alpha value is -2.81. The van der Waals surface area contributed by atoms with Crippen LogP contribution in [0.25, 0.3) is 0 Å². The van der Waals surface area contributed by atoms with Crippen LogP contribution in [0.2, 0.25) is 0 Å². The average molecular weight is 488 g/mol. The zero-order valence-electron chi connectivity index (χ0n) is 14.8. The second kappa shape index (κ2) is 9.55. The van der Waals surface area contributed by atoms with Gasteiger partial charge in [-0.05, 0) is 36.0 Å². The first-order valence-corrected chi connectivity index (χ1v) is 9.79. The highest BCUT2D eigenvalue weighted by molar-refractivity contribution is 8.00. The summed E-state index contributed by atoms with van der Waals surface area (Å²) in [6.45, 7) is -0.895. The molecule has 15 heteroatoms. The maximum Gasteiger partial charge on any atom is 0.475 e. The maximum absolute atomic E-state index is 12.6. The van der Waals surface area contributed by atoms with E-state index in [1.165, 1.54) is 18.2 Å². The van der Waals surface area contributed by atoms with Crippen LogP contribution in [0.4, 0.5) is 37.7 Å². The minimum absolute atomic E-state index is 0.191. The summed E-state index contributed by atoms with van der Waals surface area (Å²) >= 11 is -0.469. The number of hydrogen-bond donors (Lipinski definition) is 1. The zero-order chi connectivity index (χ0) is 23.4. The van der Waals surface area contributed by atoms with Crippen LogP contribution in [0.1, 0.15) is 0 Å². The molecule has 0 aliphatic carbocycles. The number of nitrogens with one attached hydrogen (secondary N) is 1. The molecule has 1 atom stereocenters. The van der Waals surface area contributed by atoms with E-state index in [0.717, 1.165) is 12.1 Å². The van der Waals surface area contributed by atoms with Crippen LogP contribution >= 0.6 is 11.8 Å². The fourth-order valence-corrected chi connectivity index (χ4v) is 3.43. The van der Waals surface area contributed by atoms with Crippen molar-refractivity contribution in [3.05, 3.63) is 52.6 Å². The highest BCUT2D eigenvalue weighted by Gasteiger charge is 2.39. The normalized spacial score (nSPS) is 12.8. The molecular formula is C16H10F6N2O5S2. The van der Waals surface area contributed by atoms with E-state index in [2.05, 4.69) is 5.32 Å². The molecule has 2 rings (SSSR count). The number of para-hydroxylation sites is 1. The number of amides is 1. The number of nitro benzene ring substituents is 1. The molecule has 0 aliphatic rings. The van der Waals surface area contributed by atoms with Crippen molar-refractivity contribution in [3.63, 3.8) is 0 Å². The van der Waals surface area contributed by atoms with Gasteiger partial charge in [0.2, 0.25) is 0 Å². The molecule has 0 heterocycles. The predicted molar refractivity (Wildman–Crippen MR) is 98.0 cm³/mol. The molecule has 0 aromatic heterocycles. The molecule has 2 aromatic carbocycles. The van der Waals surface area contributed by atoms with Gasteiger partial charge in [0.25, 0.3) is 5.91 Å². The molecule has 0 saturated heterocycles. The van der Waals surface area contributed by atoms with E-state index in [9.17, 15) is 45.5 Å². The molecule has 0 spiro atoms. The SMILES string of the molecule is O=C(COc1ccc(S(=O)C(F)(F)F)cc1[N+](=O)[O-])Nc1ccccc1SC(F)(F)F. The van der Waals surface area contributed by atoms with Gasteiger partial charge in [0.05, 0.1) is 15.5 Å². The van der Waals surface area contributed by atoms with Crippen LogP contribution in [0.5, 0.6) is 5.75 Å². The van der Waals surface area contributed by atoms with Crippen molar-refractivity contribution < 1.29 is 45.0 Å². The first-order valence-electron chi connectivity index (χ1n) is 7.82. The van der Waals surface area contributed by atoms with Gasteiger partial charge < -0.3 is 10.1 Å². The monoisotopic (exact) mass is 488 g/mol. The Kier molecular flexibility index (Phi) is 7.54. The van der Waals surface area contributed by atoms with Crippen molar-refractivity contribution in [2.75, 3.05) is 11.9 Å². The van der Waals surface area contributed by atoms with E-state index in [4.69, 9.17) is 4.74 Å². The summed E-state index contributed by atoms with van der Waals surface area (Å²) in [6, 6.07) is 6.79. The number of halogens is 6. The van der Waals surface area contributed by atoms with Crippen molar-refractivity contribution in [1.82, 2.24) is 0 Å². The third kappa shape index (κ3) is 7.13. The lowest BCUT2D eigenvalue weighted by Gasteiger charge is -2.13. The third-order valence-electron chi connectivity index (χ3n) is 3.30. The quantitative estimate of drug-likeness (QED) is 0.259. The molecule has 1 unspecified atom stereocenters. The number of alkyl halides is 6. The van der Waals surface area contributed by atoms with E-state index in [-0.39, 0.29) is 10.6 Å². The number of anilines is 1. The van der Waals surface area contributed by atoms with Crippen molar-refractivity contribution in [2.45, 2.75) is 20.8 Å². The second-order valence-electron chi connectivity index (χ2n) is 5.48. The predicted octanol–water partition coefficient (Wildman–Crippen LogP) is 4.85. The molecule has 1 amide bonds. The van der Waals surface area contributed by atoms with Crippen molar-refractivity contribution in [1.29, 1.82) is 0 Å². The second-order valence-corrected chi connectivity index (χ2v) is 8.06. The molecule has 7 nitrogen and oxygen atoms in total. The van der Waals surface area contributed by atoms with E-state index in [0.29, 0.717) is 12.1 Å². The Labute approximate surface area is 176 Å². The topological polar surface area (TPSA) is 98.5 Å². The van der Waals surface area contributed by atoms with Gasteiger partial charge in [0, 0.05) is 11.0 Å². The largest absolute Gasteiger partial charge is 0.477 e. The fraction of sp³-hybridized carbons (Fsp3) is 0.188. The Morgan fingerprint density at radius 1 is 1.13 bits per heavy atom. The summed E-state index contributed by atoms with van der Waals surface area (Å²) in [7, 11) is -3.52. The van der Waals surface area contributed by atoms with Gasteiger partial charge in [0.15, 0.2) is 23.2 Å². The van der Waals surface area contributed by atoms with Crippen molar-refractivity contribution in [2.24, 2.45) is 0 Å². The number of hydrogen-bond acceptors (Lipinski definition) is 6. The maximum atomic E-state index is 12.6. The van der Waals surface area contributed by atoms with Crippen LogP contribution in [0, 0.1) is 10.1 Å². The van der Waals surface area contributed by atoms with E-state index in [1.807, 2.05) is 0 Å². The Bertz CT molecular complexity index is 1010. The van der Waals surface area contributed by atoms with Gasteiger partial charge in [-0.2, -0.15) is 26.3 Å². The average Bonchev–Trinajstić information content (AvgIpc) is 2.65. The number of carbonyl (C=O) groups excluding carboxylic acids is 1. The molecule has 168 valence electrons. The van der Waals surface area contributed by atoms with Gasteiger partial charge in [-0.3, -0.25) is 14.9 Å². The minimum atomic E-state index is -5.14. The van der Waals surface area contributed by atoms with E-state index < -0.39 is 67.3 Å². The number of rotatable bonds is 7. The van der Waals surface area contributed by atoms with Crippen LogP contribution in [0.15, 0.2) is 52.3 Å². The smallest absolute Gasteiger partial charge is 0.475 e. The lowest BCUT2D eigenvalue weighted by atomic mass is 10.3. The Balaban J connectivity index is 2.14. The lowest BCUT2D eigenvalue weighted by Crippen LogP contribution is -2.21. The summed E-state index contributed by atoms with van der Waals surface area (Å²) in [5, 5.41) is 13.2. The number of carbonyl (C=O) groups is 1. The lowest BCUT2D eigenvalue weighted by molar-refractivity contribution is -0.386. The van der Waals surface area contributed by atoms with Crippen LogP contribution < -0.4 is 10.1 Å². The molecule has 0 aliphatic heterocycles. The van der Waals surface area contributed by atoms with Gasteiger partial charge in [-0.25, -0.2) is 4.21 Å². The van der Waals surface area contributed by atoms with Crippen LogP contribution in [0.3, 0.4) is 0 Å². The molecule has 0 radical (unpaired) electrons. The summed E-state index contributed by atoms with van der Waals surface area (Å²) in [4.78, 5) is 20.8. The van der Waals surface area contributed by atoms with Gasteiger partial charge in [0.1, 0.15) is 0 Å². The highest BCUT2D eigenvalue weighted by atomic mass is 32.2. The molecule has 0 saturated carbocycles. The third-order valence-corrected chi connectivity index (χ3v) is 5.21. The van der Waals surface area contributed by atoms with Crippen molar-refractivity contribution in [3.8, 4) is 5.75 Å². The summed E-state index contributed by atoms with van der Waals surface area (Å²) < 4.78 is 91.6. The fourth-order valence-electron chi connectivity index (χ4n) is 2.12. The Morgan fingerprint density at radius 3 is 2.35 bits per heavy atom. The molecule has 0 bridgehead atoms. The molecule has 1 N–H and O–H groups in total. The van der Waals surface area contributed by atoms with Gasteiger partial charge in [-0.1, -0.05) is 12.1 Å². The summed E-state index contributed by atoms with van der Waals surface area (Å²) in [5.41, 5.74) is -10.9. The standard InChI is InChI=1S/C16H10F6N2O5S2/c17-15(18,19)30-13-4-2-1-3-10(13)23-14(25)8-29-12-6-5-9(7-11(12)24(26)27)31(28)16(20,21)22/h1-7H,8H2,(H,23,25). The zero-order valence-corrected chi connectivity index (χ0v) is 16.5. The highest BCUT2D eigenvalue weighted by Crippen LogP contribution is 2.40. The first kappa shape index (κ1) is 24.5. The van der Waals surface area contributed by atoms with Gasteiger partial charge >= 0.3 is 16.7 Å². The number of nitrogens with zero attached hydrogens (tertiary/aromatic N) is 1. The van der Waals surface area contributed by atoms with E-state index >= 15 is 0 Å². The van der Waals surface area contributed by atoms with Crippen molar-refractivity contribution >= 4 is 39.8 Å². The minimum Gasteiger partial charge on any atom is -0.477 e. The Morgan fingerprint density at radius 2 is 1.77 bits per heavy atom. The number of thioether (sulfide) groups is 1. The van der Waals surface area contributed by atoms with Crippen LogP contribution in [-0.2, 0) is 15.6 Å². The molecule has 0 fully saturated rings. The summed E-state index contributed by atoms with van der Waals surface area (Å²) in [5.74, 6) is -1.58. The molecular weight excluding hydrogens is 478 g/mol. The molecule has 31 heavy (non-hydrogen) atoms. The van der Waals surface area contributed by atoms with Crippen LogP contribution in [-0.4, -0.2) is 32.7 Å².